The first-order valence-corrected chi connectivity index (χ1v) is 14.8. The summed E-state index contributed by atoms with van der Waals surface area (Å²) >= 11 is 5.61. The van der Waals surface area contributed by atoms with Crippen LogP contribution in [-0.2, 0) is 24.0 Å². The molecule has 0 unspecified atom stereocenters. The van der Waals surface area contributed by atoms with E-state index in [1.807, 2.05) is 6.26 Å². The minimum absolute atomic E-state index is 0.0246. The Morgan fingerprint density at radius 1 is 0.789 bits per heavy atom. The molecule has 220 valence electrons. The van der Waals surface area contributed by atoms with Crippen LogP contribution >= 0.6 is 24.4 Å². The Balaban J connectivity index is 5.39. The molecular weight excluding hydrogens is 532 g/mol. The van der Waals surface area contributed by atoms with Crippen LogP contribution in [0, 0.1) is 11.8 Å². The van der Waals surface area contributed by atoms with Crippen LogP contribution in [0.4, 0.5) is 0 Å². The zero-order valence-electron chi connectivity index (χ0n) is 23.0. The van der Waals surface area contributed by atoms with Crippen molar-refractivity contribution in [2.45, 2.75) is 83.6 Å². The highest BCUT2D eigenvalue weighted by atomic mass is 32.2. The number of hydrogen-bond acceptors (Lipinski definition) is 9. The largest absolute Gasteiger partial charge is 0.480 e. The average molecular weight is 579 g/mol. The number of amides is 4. The van der Waals surface area contributed by atoms with Gasteiger partial charge in [0.2, 0.25) is 23.6 Å². The van der Waals surface area contributed by atoms with E-state index in [0.29, 0.717) is 25.1 Å². The highest BCUT2D eigenvalue weighted by Crippen LogP contribution is 2.09. The summed E-state index contributed by atoms with van der Waals surface area (Å²) in [5.74, 6) is -3.73. The molecule has 0 spiro atoms. The molecule has 0 saturated heterocycles. The number of carbonyl (C=O) groups is 5. The zero-order valence-corrected chi connectivity index (χ0v) is 24.7. The molecule has 12 nitrogen and oxygen atoms in total. The van der Waals surface area contributed by atoms with Crippen molar-refractivity contribution >= 4 is 54.0 Å². The topological polar surface area (TPSA) is 206 Å². The third-order valence-electron chi connectivity index (χ3n) is 5.84. The molecule has 9 N–H and O–H groups in total. The summed E-state index contributed by atoms with van der Waals surface area (Å²) in [6, 6.07) is -4.98. The number of aliphatic carboxylic acids is 1. The molecule has 0 aliphatic rings. The van der Waals surface area contributed by atoms with Crippen LogP contribution in [0.15, 0.2) is 0 Å². The number of hydrogen-bond donors (Lipinski definition) is 8. The molecule has 14 heteroatoms. The summed E-state index contributed by atoms with van der Waals surface area (Å²) in [5.41, 5.74) is 11.4. The van der Waals surface area contributed by atoms with E-state index in [1.165, 1.54) is 11.8 Å². The minimum atomic E-state index is -1.16. The van der Waals surface area contributed by atoms with Gasteiger partial charge < -0.3 is 37.8 Å². The van der Waals surface area contributed by atoms with Crippen LogP contribution in [0.5, 0.6) is 0 Å². The van der Waals surface area contributed by atoms with Gasteiger partial charge in [-0.05, 0) is 49.7 Å². The van der Waals surface area contributed by atoms with Crippen molar-refractivity contribution < 1.29 is 29.1 Å². The van der Waals surface area contributed by atoms with E-state index in [1.54, 1.807) is 27.7 Å². The summed E-state index contributed by atoms with van der Waals surface area (Å²) in [7, 11) is 0. The summed E-state index contributed by atoms with van der Waals surface area (Å²) in [6.07, 6.45) is 3.89. The Labute approximate surface area is 235 Å². The molecule has 0 aliphatic carbocycles. The quantitative estimate of drug-likeness (QED) is 0.0731. The Kier molecular flexibility index (Phi) is 18.1. The molecular formula is C24H46N6O6S2. The third-order valence-corrected chi connectivity index (χ3v) is 6.85. The molecule has 0 aromatic rings. The summed E-state index contributed by atoms with van der Waals surface area (Å²) in [4.78, 5) is 62.9. The Morgan fingerprint density at radius 3 is 1.74 bits per heavy atom. The van der Waals surface area contributed by atoms with Crippen LogP contribution < -0.4 is 32.7 Å². The minimum Gasteiger partial charge on any atom is -0.480 e. The lowest BCUT2D eigenvalue weighted by molar-refractivity contribution is -0.142. The third kappa shape index (κ3) is 13.2. The van der Waals surface area contributed by atoms with Crippen LogP contribution in [0.25, 0.3) is 0 Å². The number of thioether (sulfide) groups is 1. The van der Waals surface area contributed by atoms with Gasteiger partial charge >= 0.3 is 5.97 Å². The van der Waals surface area contributed by atoms with Gasteiger partial charge in [0.1, 0.15) is 24.2 Å². The lowest BCUT2D eigenvalue weighted by Crippen LogP contribution is -2.60. The van der Waals surface area contributed by atoms with Crippen molar-refractivity contribution in [2.24, 2.45) is 23.3 Å². The predicted octanol–water partition coefficient (Wildman–Crippen LogP) is -0.539. The van der Waals surface area contributed by atoms with Gasteiger partial charge in [0.25, 0.3) is 0 Å². The molecule has 0 rings (SSSR count). The molecule has 0 aliphatic heterocycles. The molecule has 5 atom stereocenters. The van der Waals surface area contributed by atoms with Crippen LogP contribution in [0.3, 0.4) is 0 Å². The Hall–Kier alpha value is -2.03. The second-order valence-corrected chi connectivity index (χ2v) is 11.1. The normalized spacial score (nSPS) is 15.2. The fraction of sp³-hybridized carbons (Fsp3) is 0.792. The first kappa shape index (κ1) is 36.0. The number of nitrogens with one attached hydrogen (secondary N) is 4. The van der Waals surface area contributed by atoms with Gasteiger partial charge in [0.05, 0.1) is 6.04 Å². The fourth-order valence-corrected chi connectivity index (χ4v) is 4.16. The van der Waals surface area contributed by atoms with Gasteiger partial charge in [0, 0.05) is 5.75 Å². The van der Waals surface area contributed by atoms with Crippen molar-refractivity contribution in [3.63, 3.8) is 0 Å². The lowest BCUT2D eigenvalue weighted by Gasteiger charge is -2.29. The highest BCUT2D eigenvalue weighted by Gasteiger charge is 2.33. The number of carboxylic acids is 1. The smallest absolute Gasteiger partial charge is 0.326 e. The van der Waals surface area contributed by atoms with E-state index < -0.39 is 59.8 Å². The Morgan fingerprint density at radius 2 is 1.29 bits per heavy atom. The van der Waals surface area contributed by atoms with Gasteiger partial charge in [-0.3, -0.25) is 19.2 Å². The van der Waals surface area contributed by atoms with Gasteiger partial charge in [-0.25, -0.2) is 4.79 Å². The molecule has 0 bridgehead atoms. The molecule has 0 radical (unpaired) electrons. The predicted molar refractivity (Wildman–Crippen MR) is 153 cm³/mol. The van der Waals surface area contributed by atoms with Gasteiger partial charge in [-0.2, -0.15) is 24.4 Å². The number of nitrogens with two attached hydrogens (primary N) is 2. The molecule has 38 heavy (non-hydrogen) atoms. The second kappa shape index (κ2) is 19.1. The van der Waals surface area contributed by atoms with Crippen molar-refractivity contribution in [3.05, 3.63) is 0 Å². The SMILES string of the molecule is CSCC[C@H](NC(=O)[C@@H](NC(=O)[C@@H](NC(=O)[C@H](CS)NC(=O)[C@@H](N)CCCCN)C(C)C)C(C)C)C(=O)O. The summed E-state index contributed by atoms with van der Waals surface area (Å²) in [6.45, 7) is 7.37. The summed E-state index contributed by atoms with van der Waals surface area (Å²) in [5, 5.41) is 19.8. The van der Waals surface area contributed by atoms with Crippen molar-refractivity contribution in [3.8, 4) is 0 Å². The van der Waals surface area contributed by atoms with E-state index in [2.05, 4.69) is 33.9 Å². The van der Waals surface area contributed by atoms with E-state index in [9.17, 15) is 29.1 Å². The standard InChI is InChI=1S/C24H46N6O6S2/c1-13(2)18(22(33)27-16(24(35)36)9-11-38-5)30-23(34)19(14(3)4)29-21(32)17(12-37)28-20(31)15(26)8-6-7-10-25/h13-19,37H,6-12,25-26H2,1-5H3,(H,27,33)(H,28,31)(H,29,32)(H,30,34)(H,35,36)/t15-,16-,17-,18-,19-/m0/s1. The molecule has 0 saturated carbocycles. The number of rotatable bonds is 19. The highest BCUT2D eigenvalue weighted by molar-refractivity contribution is 7.98. The van der Waals surface area contributed by atoms with Crippen LogP contribution in [0.2, 0.25) is 0 Å². The van der Waals surface area contributed by atoms with E-state index in [-0.39, 0.29) is 24.0 Å². The molecule has 0 fully saturated rings. The number of unbranched alkanes of at least 4 members (excludes halogenated alkanes) is 1. The van der Waals surface area contributed by atoms with Gasteiger partial charge in [-0.15, -0.1) is 0 Å². The maximum absolute atomic E-state index is 13.2. The maximum atomic E-state index is 13.2. The van der Waals surface area contributed by atoms with E-state index >= 15 is 0 Å². The van der Waals surface area contributed by atoms with Crippen molar-refractivity contribution in [2.75, 3.05) is 24.3 Å². The lowest BCUT2D eigenvalue weighted by atomic mass is 9.99. The molecule has 0 aromatic carbocycles. The molecule has 0 heterocycles. The first-order valence-electron chi connectivity index (χ1n) is 12.8. The van der Waals surface area contributed by atoms with Crippen LogP contribution in [-0.4, -0.2) is 89.2 Å². The van der Waals surface area contributed by atoms with Gasteiger partial charge in [-0.1, -0.05) is 34.1 Å². The van der Waals surface area contributed by atoms with Gasteiger partial charge in [0.15, 0.2) is 0 Å². The molecule has 0 aromatic heterocycles. The monoisotopic (exact) mass is 578 g/mol. The van der Waals surface area contributed by atoms with Crippen molar-refractivity contribution in [1.82, 2.24) is 21.3 Å². The van der Waals surface area contributed by atoms with Crippen molar-refractivity contribution in [1.29, 1.82) is 0 Å². The average Bonchev–Trinajstić information content (AvgIpc) is 2.85. The summed E-state index contributed by atoms with van der Waals surface area (Å²) < 4.78 is 0. The van der Waals surface area contributed by atoms with Crippen LogP contribution in [0.1, 0.15) is 53.4 Å². The molecule has 4 amide bonds. The maximum Gasteiger partial charge on any atom is 0.326 e. The number of thiol groups is 1. The second-order valence-electron chi connectivity index (χ2n) is 9.78. The van der Waals surface area contributed by atoms with E-state index in [4.69, 9.17) is 11.5 Å². The first-order chi connectivity index (χ1) is 17.8. The zero-order chi connectivity index (χ0) is 29.4. The Bertz CT molecular complexity index is 785. The fourth-order valence-electron chi connectivity index (χ4n) is 3.43. The number of carbonyl (C=O) groups excluding carboxylic acids is 4. The van der Waals surface area contributed by atoms with E-state index in [0.717, 1.165) is 6.42 Å². The number of carboxylic acid groups (broad SMARTS) is 1.